The molecule has 1 heterocycles. The summed E-state index contributed by atoms with van der Waals surface area (Å²) in [7, 11) is 0. The van der Waals surface area contributed by atoms with E-state index >= 15 is 0 Å². The van der Waals surface area contributed by atoms with Crippen LogP contribution in [0.25, 0.3) is 10.8 Å². The van der Waals surface area contributed by atoms with Crippen molar-refractivity contribution in [2.75, 3.05) is 10.6 Å². The van der Waals surface area contributed by atoms with Crippen LogP contribution in [0.2, 0.25) is 5.28 Å². The molecule has 0 aliphatic heterocycles. The third-order valence-corrected chi connectivity index (χ3v) is 3.37. The zero-order valence-corrected chi connectivity index (χ0v) is 13.1. The first-order valence-corrected chi connectivity index (χ1v) is 7.17. The number of anilines is 3. The van der Waals surface area contributed by atoms with Crippen LogP contribution in [0.5, 0.6) is 5.75 Å². The number of phenols is 1. The smallest absolute Gasteiger partial charge is 0.242 e. The molecule has 0 bridgehead atoms. The molecule has 3 aromatic rings. The van der Waals surface area contributed by atoms with E-state index in [1.165, 1.54) is 0 Å². The second-order valence-corrected chi connectivity index (χ2v) is 5.37. The Kier molecular flexibility index (Phi) is 4.06. The van der Waals surface area contributed by atoms with Gasteiger partial charge in [0.1, 0.15) is 5.75 Å². The highest BCUT2D eigenvalue weighted by Crippen LogP contribution is 2.30. The molecule has 1 aromatic heterocycles. The number of hydrogen-bond acceptors (Lipinski definition) is 8. The summed E-state index contributed by atoms with van der Waals surface area (Å²) in [6.45, 7) is 0. The highest BCUT2D eigenvalue weighted by atomic mass is 35.5. The Morgan fingerprint density at radius 3 is 2.70 bits per heavy atom. The maximum absolute atomic E-state index is 9.91. The molecule has 0 aliphatic carbocycles. The van der Waals surface area contributed by atoms with Crippen molar-refractivity contribution in [3.05, 3.63) is 35.6 Å². The van der Waals surface area contributed by atoms with Crippen LogP contribution in [-0.4, -0.2) is 20.1 Å². The first kappa shape index (κ1) is 15.1. The lowest BCUT2D eigenvalue weighted by Crippen LogP contribution is -2.03. The standard InChI is InChI=1S/C14H9ClN6OS/c15-12-19-13(17-6-16)21-14(20-12)18-8-1-2-10-7(3-8)4-9(23)5-11(10)22/h1-5,22-23H,(H2,17,18,19,20,21). The molecule has 0 aliphatic rings. The number of nitrogens with one attached hydrogen (secondary N) is 2. The highest BCUT2D eigenvalue weighted by molar-refractivity contribution is 7.80. The van der Waals surface area contributed by atoms with E-state index in [-0.39, 0.29) is 22.9 Å². The number of fused-ring (bicyclic) bond motifs is 1. The molecule has 3 rings (SSSR count). The summed E-state index contributed by atoms with van der Waals surface area (Å²) >= 11 is 10.0. The molecule has 0 atom stereocenters. The van der Waals surface area contributed by atoms with E-state index in [9.17, 15) is 5.11 Å². The lowest BCUT2D eigenvalue weighted by Gasteiger charge is -2.08. The van der Waals surface area contributed by atoms with E-state index in [0.717, 1.165) is 5.39 Å². The van der Waals surface area contributed by atoms with E-state index < -0.39 is 0 Å². The van der Waals surface area contributed by atoms with Crippen molar-refractivity contribution < 1.29 is 5.11 Å². The average Bonchev–Trinajstić information content (AvgIpc) is 2.46. The summed E-state index contributed by atoms with van der Waals surface area (Å²) in [6, 6.07) is 8.73. The monoisotopic (exact) mass is 344 g/mol. The van der Waals surface area contributed by atoms with Crippen LogP contribution >= 0.6 is 24.2 Å². The number of rotatable bonds is 3. The third-order valence-electron chi connectivity index (χ3n) is 2.95. The fraction of sp³-hybridized carbons (Fsp3) is 0. The van der Waals surface area contributed by atoms with E-state index in [1.807, 2.05) is 12.1 Å². The van der Waals surface area contributed by atoms with Crippen LogP contribution in [0, 0.1) is 11.5 Å². The number of nitriles is 1. The topological polar surface area (TPSA) is 107 Å². The van der Waals surface area contributed by atoms with Gasteiger partial charge in [0.05, 0.1) is 0 Å². The Bertz CT molecular complexity index is 942. The lowest BCUT2D eigenvalue weighted by molar-refractivity contribution is 0.480. The molecule has 3 N–H and O–H groups in total. The molecule has 114 valence electrons. The number of thiol groups is 1. The van der Waals surface area contributed by atoms with Gasteiger partial charge < -0.3 is 10.4 Å². The first-order valence-electron chi connectivity index (χ1n) is 6.34. The second kappa shape index (κ2) is 6.16. The van der Waals surface area contributed by atoms with Crippen LogP contribution in [0.4, 0.5) is 17.6 Å². The van der Waals surface area contributed by atoms with Gasteiger partial charge in [-0.2, -0.15) is 20.2 Å². The first-order chi connectivity index (χ1) is 11.0. The van der Waals surface area contributed by atoms with Gasteiger partial charge in [-0.25, -0.2) is 0 Å². The summed E-state index contributed by atoms with van der Waals surface area (Å²) in [6.07, 6.45) is 1.71. The minimum Gasteiger partial charge on any atom is -0.507 e. The van der Waals surface area contributed by atoms with Crippen molar-refractivity contribution >= 4 is 52.6 Å². The number of benzene rings is 2. The Morgan fingerprint density at radius 1 is 1.13 bits per heavy atom. The molecule has 23 heavy (non-hydrogen) atoms. The van der Waals surface area contributed by atoms with Crippen LogP contribution in [0.15, 0.2) is 35.2 Å². The predicted molar refractivity (Wildman–Crippen MR) is 90.2 cm³/mol. The van der Waals surface area contributed by atoms with Gasteiger partial charge in [0.25, 0.3) is 0 Å². The van der Waals surface area contributed by atoms with Crippen molar-refractivity contribution in [2.24, 2.45) is 0 Å². The third kappa shape index (κ3) is 3.36. The largest absolute Gasteiger partial charge is 0.507 e. The molecule has 0 saturated heterocycles. The number of hydrogen-bond donors (Lipinski definition) is 4. The number of nitrogens with zero attached hydrogens (tertiary/aromatic N) is 4. The molecule has 2 aromatic carbocycles. The van der Waals surface area contributed by atoms with E-state index in [1.54, 1.807) is 24.4 Å². The molecular formula is C14H9ClN6OS. The number of phenolic OH excluding ortho intramolecular Hbond substituents is 1. The molecule has 9 heteroatoms. The number of aromatic nitrogens is 3. The maximum Gasteiger partial charge on any atom is 0.242 e. The van der Waals surface area contributed by atoms with Gasteiger partial charge in [0.2, 0.25) is 17.2 Å². The molecule has 0 unspecified atom stereocenters. The molecule has 0 radical (unpaired) electrons. The Balaban J connectivity index is 1.97. The van der Waals surface area contributed by atoms with Gasteiger partial charge in [0.15, 0.2) is 6.19 Å². The molecule has 7 nitrogen and oxygen atoms in total. The molecule has 0 spiro atoms. The zero-order valence-electron chi connectivity index (χ0n) is 11.4. The van der Waals surface area contributed by atoms with Gasteiger partial charge in [-0.3, -0.25) is 5.32 Å². The summed E-state index contributed by atoms with van der Waals surface area (Å²) in [5, 5.41) is 25.2. The van der Waals surface area contributed by atoms with E-state index in [0.29, 0.717) is 16.0 Å². The van der Waals surface area contributed by atoms with Crippen molar-refractivity contribution in [1.82, 2.24) is 15.0 Å². The van der Waals surface area contributed by atoms with Gasteiger partial charge in [-0.1, -0.05) is 0 Å². The zero-order chi connectivity index (χ0) is 16.4. The van der Waals surface area contributed by atoms with Crippen molar-refractivity contribution in [2.45, 2.75) is 4.90 Å². The minimum atomic E-state index is -0.0451. The summed E-state index contributed by atoms with van der Waals surface area (Å²) in [5.41, 5.74) is 0.681. The highest BCUT2D eigenvalue weighted by Gasteiger charge is 2.07. The Labute approximate surface area is 141 Å². The molecule has 0 amide bonds. The summed E-state index contributed by atoms with van der Waals surface area (Å²) in [4.78, 5) is 12.4. The van der Waals surface area contributed by atoms with E-state index in [4.69, 9.17) is 16.9 Å². The van der Waals surface area contributed by atoms with Crippen LogP contribution in [0.1, 0.15) is 0 Å². The fourth-order valence-electron chi connectivity index (χ4n) is 2.05. The van der Waals surface area contributed by atoms with Gasteiger partial charge in [-0.15, -0.1) is 12.6 Å². The average molecular weight is 345 g/mol. The fourth-order valence-corrected chi connectivity index (χ4v) is 2.47. The van der Waals surface area contributed by atoms with Crippen molar-refractivity contribution in [3.8, 4) is 11.9 Å². The molecular weight excluding hydrogens is 336 g/mol. The second-order valence-electron chi connectivity index (χ2n) is 4.51. The lowest BCUT2D eigenvalue weighted by atomic mass is 10.1. The van der Waals surface area contributed by atoms with Crippen molar-refractivity contribution in [1.29, 1.82) is 5.26 Å². The van der Waals surface area contributed by atoms with Gasteiger partial charge >= 0.3 is 0 Å². The summed E-state index contributed by atoms with van der Waals surface area (Å²) in [5.74, 6) is 0.391. The van der Waals surface area contributed by atoms with E-state index in [2.05, 4.69) is 38.2 Å². The minimum absolute atomic E-state index is 0.0451. The Hall–Kier alpha value is -2.76. The molecule has 0 saturated carbocycles. The van der Waals surface area contributed by atoms with Crippen molar-refractivity contribution in [3.63, 3.8) is 0 Å². The maximum atomic E-state index is 9.91. The summed E-state index contributed by atoms with van der Waals surface area (Å²) < 4.78 is 0. The van der Waals surface area contributed by atoms with Crippen LogP contribution < -0.4 is 10.6 Å². The number of halogens is 1. The SMILES string of the molecule is N#CNc1nc(Cl)nc(Nc2ccc3c(O)cc(S)cc3c2)n1. The molecule has 0 fully saturated rings. The predicted octanol–water partition coefficient (Wildman–Crippen LogP) is 3.31. The van der Waals surface area contributed by atoms with Crippen LogP contribution in [-0.2, 0) is 0 Å². The quantitative estimate of drug-likeness (QED) is 0.328. The van der Waals surface area contributed by atoms with Gasteiger partial charge in [0, 0.05) is 16.0 Å². The normalized spacial score (nSPS) is 10.3. The van der Waals surface area contributed by atoms with Crippen LogP contribution in [0.3, 0.4) is 0 Å². The Morgan fingerprint density at radius 2 is 1.91 bits per heavy atom. The number of aromatic hydroxyl groups is 1. The van der Waals surface area contributed by atoms with Gasteiger partial charge in [-0.05, 0) is 47.3 Å².